The van der Waals surface area contributed by atoms with Crippen LogP contribution in [0.4, 0.5) is 20.4 Å². The van der Waals surface area contributed by atoms with E-state index in [-0.39, 0.29) is 11.6 Å². The molecule has 1 aliphatic carbocycles. The highest BCUT2D eigenvalue weighted by atomic mass is 79.9. The molecule has 2 aromatic heterocycles. The van der Waals surface area contributed by atoms with Crippen LogP contribution in [-0.2, 0) is 0 Å². The average Bonchev–Trinajstić information content (AvgIpc) is 3.19. The molecule has 0 aromatic carbocycles. The van der Waals surface area contributed by atoms with E-state index in [4.69, 9.17) is 11.5 Å². The number of pyridine rings is 2. The van der Waals surface area contributed by atoms with Crippen molar-refractivity contribution < 1.29 is 8.78 Å². The summed E-state index contributed by atoms with van der Waals surface area (Å²) < 4.78 is 25.6. The van der Waals surface area contributed by atoms with Crippen LogP contribution >= 0.6 is 15.9 Å². The molecule has 1 aliphatic rings. The van der Waals surface area contributed by atoms with Crippen molar-refractivity contribution in [2.24, 2.45) is 0 Å². The fourth-order valence-corrected chi connectivity index (χ4v) is 1.81. The number of anilines is 2. The summed E-state index contributed by atoms with van der Waals surface area (Å²) in [5, 5.41) is 0. The van der Waals surface area contributed by atoms with Crippen LogP contribution < -0.4 is 11.5 Å². The Morgan fingerprint density at radius 1 is 0.950 bits per heavy atom. The molecule has 0 atom stereocenters. The monoisotopic (exact) mass is 342 g/mol. The van der Waals surface area contributed by atoms with Crippen LogP contribution in [0.25, 0.3) is 0 Å². The molecule has 0 saturated heterocycles. The van der Waals surface area contributed by atoms with E-state index in [2.05, 4.69) is 25.9 Å². The van der Waals surface area contributed by atoms with Crippen LogP contribution in [0.1, 0.15) is 24.3 Å². The lowest BCUT2D eigenvalue weighted by molar-refractivity contribution is 0.569. The van der Waals surface area contributed by atoms with E-state index in [1.807, 2.05) is 0 Å². The van der Waals surface area contributed by atoms with Crippen molar-refractivity contribution in [2.75, 3.05) is 11.5 Å². The molecule has 2 heterocycles. The Hall–Kier alpha value is -1.76. The highest BCUT2D eigenvalue weighted by Gasteiger charge is 2.26. The number of halogens is 3. The highest BCUT2D eigenvalue weighted by Crippen LogP contribution is 2.40. The fraction of sp³-hybridized carbons (Fsp3) is 0.231. The first-order valence-electron chi connectivity index (χ1n) is 5.97. The van der Waals surface area contributed by atoms with Gasteiger partial charge in [0.1, 0.15) is 11.6 Å². The largest absolute Gasteiger partial charge is 0.384 e. The molecule has 4 nitrogen and oxygen atoms in total. The summed E-state index contributed by atoms with van der Waals surface area (Å²) in [6.45, 7) is 0. The molecule has 7 heteroatoms. The first-order chi connectivity index (χ1) is 9.47. The Labute approximate surface area is 123 Å². The lowest BCUT2D eigenvalue weighted by Crippen LogP contribution is -1.96. The molecule has 0 spiro atoms. The molecule has 2 aromatic rings. The maximum absolute atomic E-state index is 13.0. The van der Waals surface area contributed by atoms with E-state index in [9.17, 15) is 8.78 Å². The number of hydrogen-bond donors (Lipinski definition) is 2. The minimum absolute atomic E-state index is 0.190. The van der Waals surface area contributed by atoms with Gasteiger partial charge < -0.3 is 11.5 Å². The van der Waals surface area contributed by atoms with Crippen LogP contribution in [0.15, 0.2) is 28.7 Å². The molecule has 20 heavy (non-hydrogen) atoms. The molecule has 0 unspecified atom stereocenters. The van der Waals surface area contributed by atoms with E-state index >= 15 is 0 Å². The molecule has 1 fully saturated rings. The Morgan fingerprint density at radius 2 is 1.50 bits per heavy atom. The average molecular weight is 343 g/mol. The van der Waals surface area contributed by atoms with Gasteiger partial charge in [-0.2, -0.15) is 8.78 Å². The SMILES string of the molecule is Nc1ccc(Br)c(F)n1.Nc1ccc(C2CC2)c(F)n1. The Bertz CT molecular complexity index is 617. The number of hydrogen-bond acceptors (Lipinski definition) is 4. The summed E-state index contributed by atoms with van der Waals surface area (Å²) in [5.74, 6) is -0.117. The molecule has 4 N–H and O–H groups in total. The molecular weight excluding hydrogens is 330 g/mol. The van der Waals surface area contributed by atoms with E-state index in [1.165, 1.54) is 12.1 Å². The molecule has 1 saturated carbocycles. The van der Waals surface area contributed by atoms with Gasteiger partial charge >= 0.3 is 0 Å². The van der Waals surface area contributed by atoms with Crippen LogP contribution in [0.5, 0.6) is 0 Å². The maximum Gasteiger partial charge on any atom is 0.229 e. The Morgan fingerprint density at radius 3 is 1.95 bits per heavy atom. The van der Waals surface area contributed by atoms with Crippen molar-refractivity contribution in [1.82, 2.24) is 9.97 Å². The lowest BCUT2D eigenvalue weighted by Gasteiger charge is -1.99. The first-order valence-corrected chi connectivity index (χ1v) is 6.76. The quantitative estimate of drug-likeness (QED) is 0.780. The number of nitrogens with two attached hydrogens (primary N) is 2. The lowest BCUT2D eigenvalue weighted by atomic mass is 10.2. The second-order valence-electron chi connectivity index (χ2n) is 4.40. The predicted molar refractivity (Wildman–Crippen MR) is 76.9 cm³/mol. The molecular formula is C13H13BrF2N4. The molecule has 3 rings (SSSR count). The zero-order chi connectivity index (χ0) is 14.7. The van der Waals surface area contributed by atoms with E-state index in [0.717, 1.165) is 18.4 Å². The zero-order valence-corrected chi connectivity index (χ0v) is 12.1. The highest BCUT2D eigenvalue weighted by molar-refractivity contribution is 9.10. The molecule has 0 amide bonds. The number of nitrogens with zero attached hydrogens (tertiary/aromatic N) is 2. The van der Waals surface area contributed by atoms with Gasteiger partial charge in [0.05, 0.1) is 4.47 Å². The van der Waals surface area contributed by atoms with Gasteiger partial charge in [-0.15, -0.1) is 0 Å². The zero-order valence-electron chi connectivity index (χ0n) is 10.5. The van der Waals surface area contributed by atoms with E-state index in [0.29, 0.717) is 10.4 Å². The maximum atomic E-state index is 13.0. The normalized spacial score (nSPS) is 13.6. The minimum atomic E-state index is -0.574. The first kappa shape index (κ1) is 14.6. The summed E-state index contributed by atoms with van der Waals surface area (Å²) in [5.41, 5.74) is 11.2. The fourth-order valence-electron chi connectivity index (χ4n) is 1.59. The van der Waals surface area contributed by atoms with Crippen molar-refractivity contribution in [3.8, 4) is 0 Å². The van der Waals surface area contributed by atoms with E-state index < -0.39 is 11.9 Å². The third kappa shape index (κ3) is 3.86. The third-order valence-electron chi connectivity index (χ3n) is 2.74. The number of rotatable bonds is 1. The Kier molecular flexibility index (Phi) is 4.49. The van der Waals surface area contributed by atoms with Crippen LogP contribution in [0, 0.1) is 11.9 Å². The second-order valence-corrected chi connectivity index (χ2v) is 5.25. The van der Waals surface area contributed by atoms with Gasteiger partial charge in [-0.1, -0.05) is 6.07 Å². The van der Waals surface area contributed by atoms with E-state index in [1.54, 1.807) is 12.1 Å². The standard InChI is InChI=1S/C8H9FN2.C5H4BrFN2/c9-8-6(5-1-2-5)3-4-7(10)11-8;6-3-1-2-4(8)9-5(3)7/h3-5H,1-2H2,(H2,10,11);1-2H,(H2,8,9). The molecule has 106 valence electrons. The minimum Gasteiger partial charge on any atom is -0.384 e. The summed E-state index contributed by atoms with van der Waals surface area (Å²) >= 11 is 2.94. The summed E-state index contributed by atoms with van der Waals surface area (Å²) in [6, 6.07) is 6.41. The molecule has 0 radical (unpaired) electrons. The van der Waals surface area contributed by atoms with Gasteiger partial charge in [0.2, 0.25) is 11.9 Å². The summed E-state index contributed by atoms with van der Waals surface area (Å²) in [6.07, 6.45) is 2.17. The van der Waals surface area contributed by atoms with Crippen molar-refractivity contribution in [3.05, 3.63) is 46.2 Å². The van der Waals surface area contributed by atoms with Crippen LogP contribution in [0.3, 0.4) is 0 Å². The van der Waals surface area contributed by atoms with Crippen molar-refractivity contribution in [3.63, 3.8) is 0 Å². The van der Waals surface area contributed by atoms with Crippen molar-refractivity contribution >= 4 is 27.6 Å². The van der Waals surface area contributed by atoms with Crippen molar-refractivity contribution in [2.45, 2.75) is 18.8 Å². The third-order valence-corrected chi connectivity index (χ3v) is 3.33. The molecule has 0 aliphatic heterocycles. The predicted octanol–water partition coefficient (Wildman–Crippen LogP) is 3.25. The van der Waals surface area contributed by atoms with Gasteiger partial charge in [-0.3, -0.25) is 0 Å². The van der Waals surface area contributed by atoms with Gasteiger partial charge in [0, 0.05) is 5.56 Å². The number of aromatic nitrogens is 2. The smallest absolute Gasteiger partial charge is 0.229 e. The van der Waals surface area contributed by atoms with Crippen LogP contribution in [0.2, 0.25) is 0 Å². The van der Waals surface area contributed by atoms with Gasteiger partial charge in [-0.25, -0.2) is 9.97 Å². The van der Waals surface area contributed by atoms with Gasteiger partial charge in [0.15, 0.2) is 0 Å². The van der Waals surface area contributed by atoms with Gasteiger partial charge in [-0.05, 0) is 52.9 Å². The summed E-state index contributed by atoms with van der Waals surface area (Å²) in [7, 11) is 0. The van der Waals surface area contributed by atoms with Gasteiger partial charge in [0.25, 0.3) is 0 Å². The summed E-state index contributed by atoms with van der Waals surface area (Å²) in [4.78, 5) is 6.88. The number of nitrogen functional groups attached to an aromatic ring is 2. The molecule has 0 bridgehead atoms. The second kappa shape index (κ2) is 6.13. The Balaban J connectivity index is 0.000000151. The van der Waals surface area contributed by atoms with Crippen LogP contribution in [-0.4, -0.2) is 9.97 Å². The van der Waals surface area contributed by atoms with Crippen molar-refractivity contribution in [1.29, 1.82) is 0 Å². The topological polar surface area (TPSA) is 77.8 Å².